The number of hydrogen-bond acceptors (Lipinski definition) is 5. The highest BCUT2D eigenvalue weighted by molar-refractivity contribution is 5.88. The monoisotopic (exact) mass is 412 g/mol. The van der Waals surface area contributed by atoms with Gasteiger partial charge in [-0.15, -0.1) is 0 Å². The standard InChI is InChI=1S/C23H25FN2O4/c1-15-7-8-20(17(24)12-15)30-19-9-10-26-18-14-22(21(28-3)13-16(18)19)29-11-5-4-6-23(27)25-2/h7-10,12-14H,4-6,11H2,1-3H3,(H,25,27). The van der Waals surface area contributed by atoms with Crippen LogP contribution in [0.1, 0.15) is 24.8 Å². The molecule has 0 atom stereocenters. The minimum atomic E-state index is -0.427. The summed E-state index contributed by atoms with van der Waals surface area (Å²) < 4.78 is 31.3. The number of carbonyl (C=O) groups is 1. The van der Waals surface area contributed by atoms with Crippen LogP contribution in [0.4, 0.5) is 4.39 Å². The van der Waals surface area contributed by atoms with Crippen molar-refractivity contribution in [2.24, 2.45) is 0 Å². The number of unbranched alkanes of at least 4 members (excludes halogenated alkanes) is 1. The van der Waals surface area contributed by atoms with Crippen molar-refractivity contribution in [3.63, 3.8) is 0 Å². The molecule has 0 aliphatic heterocycles. The van der Waals surface area contributed by atoms with Gasteiger partial charge in [0.2, 0.25) is 5.91 Å². The molecule has 7 heteroatoms. The quantitative estimate of drug-likeness (QED) is 0.512. The summed E-state index contributed by atoms with van der Waals surface area (Å²) >= 11 is 0. The number of hydrogen-bond donors (Lipinski definition) is 1. The molecule has 0 saturated carbocycles. The number of ether oxygens (including phenoxy) is 3. The molecule has 0 spiro atoms. The molecule has 30 heavy (non-hydrogen) atoms. The van der Waals surface area contributed by atoms with Crippen LogP contribution >= 0.6 is 0 Å². The topological polar surface area (TPSA) is 69.7 Å². The first-order valence-corrected chi connectivity index (χ1v) is 9.76. The van der Waals surface area contributed by atoms with Gasteiger partial charge in [0.25, 0.3) is 0 Å². The first kappa shape index (κ1) is 21.4. The van der Waals surface area contributed by atoms with Crippen molar-refractivity contribution in [3.8, 4) is 23.0 Å². The Morgan fingerprint density at radius 1 is 1.07 bits per heavy atom. The zero-order valence-corrected chi connectivity index (χ0v) is 17.3. The predicted molar refractivity (Wildman–Crippen MR) is 113 cm³/mol. The van der Waals surface area contributed by atoms with Gasteiger partial charge in [0, 0.05) is 31.1 Å². The van der Waals surface area contributed by atoms with E-state index in [4.69, 9.17) is 14.2 Å². The van der Waals surface area contributed by atoms with Crippen molar-refractivity contribution in [1.82, 2.24) is 10.3 Å². The maximum atomic E-state index is 14.2. The third-order valence-electron chi connectivity index (χ3n) is 4.63. The summed E-state index contributed by atoms with van der Waals surface area (Å²) in [5.41, 5.74) is 1.46. The average molecular weight is 412 g/mol. The highest BCUT2D eigenvalue weighted by Gasteiger charge is 2.13. The van der Waals surface area contributed by atoms with Crippen LogP contribution in [-0.2, 0) is 4.79 Å². The SMILES string of the molecule is CNC(=O)CCCCOc1cc2nccc(Oc3ccc(C)cc3F)c2cc1OC. The highest BCUT2D eigenvalue weighted by Crippen LogP contribution is 2.37. The Morgan fingerprint density at radius 3 is 2.63 bits per heavy atom. The molecular formula is C23H25FN2O4. The molecule has 3 aromatic rings. The van der Waals surface area contributed by atoms with Crippen LogP contribution < -0.4 is 19.5 Å². The second kappa shape index (κ2) is 9.91. The van der Waals surface area contributed by atoms with E-state index >= 15 is 0 Å². The molecule has 6 nitrogen and oxygen atoms in total. The molecule has 1 heterocycles. The number of aryl methyl sites for hydroxylation is 1. The molecule has 0 unspecified atom stereocenters. The summed E-state index contributed by atoms with van der Waals surface area (Å²) in [6.45, 7) is 2.27. The van der Waals surface area contributed by atoms with Gasteiger partial charge in [0.15, 0.2) is 23.1 Å². The van der Waals surface area contributed by atoms with Crippen molar-refractivity contribution in [1.29, 1.82) is 0 Å². The maximum absolute atomic E-state index is 14.2. The summed E-state index contributed by atoms with van der Waals surface area (Å²) in [6.07, 6.45) is 3.53. The largest absolute Gasteiger partial charge is 0.493 e. The van der Waals surface area contributed by atoms with Crippen molar-refractivity contribution >= 4 is 16.8 Å². The number of nitrogens with zero attached hydrogens (tertiary/aromatic N) is 1. The van der Waals surface area contributed by atoms with Crippen LogP contribution in [0.3, 0.4) is 0 Å². The van der Waals surface area contributed by atoms with E-state index in [-0.39, 0.29) is 11.7 Å². The molecule has 2 aromatic carbocycles. The molecular weight excluding hydrogens is 387 g/mol. The van der Waals surface area contributed by atoms with Crippen LogP contribution in [0.25, 0.3) is 10.9 Å². The minimum absolute atomic E-state index is 0.0139. The van der Waals surface area contributed by atoms with E-state index in [1.165, 1.54) is 6.07 Å². The molecule has 0 aliphatic carbocycles. The van der Waals surface area contributed by atoms with Gasteiger partial charge in [0.1, 0.15) is 5.75 Å². The number of benzene rings is 2. The zero-order chi connectivity index (χ0) is 21.5. The van der Waals surface area contributed by atoms with Gasteiger partial charge in [-0.2, -0.15) is 0 Å². The molecule has 1 aromatic heterocycles. The number of pyridine rings is 1. The zero-order valence-electron chi connectivity index (χ0n) is 17.3. The number of nitrogens with one attached hydrogen (secondary N) is 1. The van der Waals surface area contributed by atoms with Gasteiger partial charge in [-0.1, -0.05) is 6.07 Å². The fourth-order valence-electron chi connectivity index (χ4n) is 2.99. The molecule has 0 aliphatic rings. The average Bonchev–Trinajstić information content (AvgIpc) is 2.74. The van der Waals surface area contributed by atoms with Gasteiger partial charge < -0.3 is 19.5 Å². The van der Waals surface area contributed by atoms with Crippen molar-refractivity contribution < 1.29 is 23.4 Å². The van der Waals surface area contributed by atoms with Crippen LogP contribution in [0.2, 0.25) is 0 Å². The smallest absolute Gasteiger partial charge is 0.219 e. The Balaban J connectivity index is 1.79. The van der Waals surface area contributed by atoms with Crippen LogP contribution in [-0.4, -0.2) is 31.7 Å². The maximum Gasteiger partial charge on any atom is 0.219 e. The lowest BCUT2D eigenvalue weighted by Crippen LogP contribution is -2.17. The third kappa shape index (κ3) is 5.17. The Bertz CT molecular complexity index is 1040. The van der Waals surface area contributed by atoms with E-state index in [0.29, 0.717) is 41.2 Å². The number of amides is 1. The first-order chi connectivity index (χ1) is 14.5. The summed E-state index contributed by atoms with van der Waals surface area (Å²) in [6, 6.07) is 10.0. The second-order valence-corrected chi connectivity index (χ2v) is 6.84. The number of methoxy groups -OCH3 is 1. The Labute approximate surface area is 175 Å². The van der Waals surface area contributed by atoms with Crippen molar-refractivity contribution in [2.45, 2.75) is 26.2 Å². The van der Waals surface area contributed by atoms with E-state index in [0.717, 1.165) is 18.4 Å². The van der Waals surface area contributed by atoms with Gasteiger partial charge in [-0.3, -0.25) is 9.78 Å². The van der Waals surface area contributed by atoms with Crippen LogP contribution in [0.15, 0.2) is 42.6 Å². The first-order valence-electron chi connectivity index (χ1n) is 9.76. The molecule has 0 radical (unpaired) electrons. The van der Waals surface area contributed by atoms with Crippen molar-refractivity contribution in [3.05, 3.63) is 54.0 Å². The molecule has 158 valence electrons. The number of carbonyl (C=O) groups excluding carboxylic acids is 1. The normalized spacial score (nSPS) is 10.7. The molecule has 0 fully saturated rings. The summed E-state index contributed by atoms with van der Waals surface area (Å²) in [7, 11) is 3.17. The van der Waals surface area contributed by atoms with Gasteiger partial charge in [-0.25, -0.2) is 4.39 Å². The van der Waals surface area contributed by atoms with E-state index < -0.39 is 5.82 Å². The summed E-state index contributed by atoms with van der Waals surface area (Å²) in [5, 5.41) is 3.28. The van der Waals surface area contributed by atoms with E-state index in [9.17, 15) is 9.18 Å². The molecule has 0 saturated heterocycles. The fourth-order valence-corrected chi connectivity index (χ4v) is 2.99. The van der Waals surface area contributed by atoms with Gasteiger partial charge in [-0.05, 0) is 49.6 Å². The predicted octanol–water partition coefficient (Wildman–Crippen LogP) is 4.78. The van der Waals surface area contributed by atoms with E-state index in [2.05, 4.69) is 10.3 Å². The van der Waals surface area contributed by atoms with Crippen LogP contribution in [0.5, 0.6) is 23.0 Å². The molecule has 1 N–H and O–H groups in total. The molecule has 0 bridgehead atoms. The lowest BCUT2D eigenvalue weighted by Gasteiger charge is -2.14. The highest BCUT2D eigenvalue weighted by atomic mass is 19.1. The number of aromatic nitrogens is 1. The lowest BCUT2D eigenvalue weighted by molar-refractivity contribution is -0.120. The number of fused-ring (bicyclic) bond motifs is 1. The van der Waals surface area contributed by atoms with E-state index in [1.54, 1.807) is 50.7 Å². The number of halogens is 1. The van der Waals surface area contributed by atoms with E-state index in [1.807, 2.05) is 6.92 Å². The second-order valence-electron chi connectivity index (χ2n) is 6.84. The lowest BCUT2D eigenvalue weighted by atomic mass is 10.1. The summed E-state index contributed by atoms with van der Waals surface area (Å²) in [4.78, 5) is 15.6. The van der Waals surface area contributed by atoms with Crippen molar-refractivity contribution in [2.75, 3.05) is 20.8 Å². The van der Waals surface area contributed by atoms with Gasteiger partial charge >= 0.3 is 0 Å². The van der Waals surface area contributed by atoms with Crippen LogP contribution in [0, 0.1) is 12.7 Å². The Morgan fingerprint density at radius 2 is 1.90 bits per heavy atom. The summed E-state index contributed by atoms with van der Waals surface area (Å²) in [5.74, 6) is 1.28. The fraction of sp³-hybridized carbons (Fsp3) is 0.304. The minimum Gasteiger partial charge on any atom is -0.493 e. The Hall–Kier alpha value is -3.35. The third-order valence-corrected chi connectivity index (χ3v) is 4.63. The number of rotatable bonds is 9. The Kier molecular flexibility index (Phi) is 7.06. The van der Waals surface area contributed by atoms with Gasteiger partial charge in [0.05, 0.1) is 19.2 Å². The molecule has 3 rings (SSSR count). The molecule has 1 amide bonds.